The van der Waals surface area contributed by atoms with Gasteiger partial charge in [0, 0.05) is 19.3 Å². The third kappa shape index (κ3) is 35.2. The quantitative estimate of drug-likeness (QED) is 0.0284. The Balaban J connectivity index is 4.39. The lowest BCUT2D eigenvalue weighted by molar-refractivity contribution is -0.167. The Bertz CT molecular complexity index is 789. The lowest BCUT2D eigenvalue weighted by atomic mass is 10.1. The number of carbonyl (C=O) groups excluding carboxylic acids is 3. The number of esters is 3. The summed E-state index contributed by atoms with van der Waals surface area (Å²) in [6, 6.07) is 0. The average molecular weight is 677 g/mol. The summed E-state index contributed by atoms with van der Waals surface area (Å²) in [5.74, 6) is -0.907. The maximum absolute atomic E-state index is 12.6. The molecule has 0 saturated carbocycles. The van der Waals surface area contributed by atoms with Crippen molar-refractivity contribution in [1.82, 2.24) is 0 Å². The molecule has 0 rings (SSSR count). The zero-order valence-electron chi connectivity index (χ0n) is 31.8. The van der Waals surface area contributed by atoms with Crippen molar-refractivity contribution in [3.8, 4) is 0 Å². The van der Waals surface area contributed by atoms with Crippen LogP contribution in [0.4, 0.5) is 0 Å². The fraction of sp³-hybridized carbons (Fsp3) is 0.833. The Labute approximate surface area is 296 Å². The Morgan fingerprint density at radius 1 is 0.396 bits per heavy atom. The third-order valence-electron chi connectivity index (χ3n) is 8.68. The molecule has 0 amide bonds. The van der Waals surface area contributed by atoms with E-state index in [4.69, 9.17) is 14.2 Å². The maximum atomic E-state index is 12.6. The second-order valence-corrected chi connectivity index (χ2v) is 13.5. The summed E-state index contributed by atoms with van der Waals surface area (Å²) < 4.78 is 16.6. The van der Waals surface area contributed by atoms with Crippen LogP contribution in [0.5, 0.6) is 0 Å². The number of carbonyl (C=O) groups is 3. The Hall–Kier alpha value is -2.11. The molecule has 0 aliphatic heterocycles. The van der Waals surface area contributed by atoms with Gasteiger partial charge in [-0.05, 0) is 57.8 Å². The largest absolute Gasteiger partial charge is 0.462 e. The summed E-state index contributed by atoms with van der Waals surface area (Å²) in [6.07, 6.45) is 38.8. The Morgan fingerprint density at radius 3 is 1.10 bits per heavy atom. The van der Waals surface area contributed by atoms with Crippen LogP contribution >= 0.6 is 0 Å². The average Bonchev–Trinajstić information content (AvgIpc) is 3.08. The topological polar surface area (TPSA) is 78.9 Å². The fourth-order valence-electron chi connectivity index (χ4n) is 5.52. The standard InChI is InChI=1S/C42H76O6/c1-4-7-10-13-16-19-21-24-26-29-32-35-41(44)47-38-39(37-46-40(43)34-31-28-25-22-18-15-12-9-6-3)48-42(45)36-33-30-27-23-20-17-14-11-8-5-2/h13-14,16-17,39H,4-12,15,18-38H2,1-3H3/b16-13-,17-14-. The summed E-state index contributed by atoms with van der Waals surface area (Å²) in [5.41, 5.74) is 0. The highest BCUT2D eigenvalue weighted by Gasteiger charge is 2.19. The van der Waals surface area contributed by atoms with Gasteiger partial charge in [-0.2, -0.15) is 0 Å². The van der Waals surface area contributed by atoms with Gasteiger partial charge in [-0.15, -0.1) is 0 Å². The number of rotatable bonds is 36. The van der Waals surface area contributed by atoms with E-state index in [2.05, 4.69) is 45.1 Å². The molecule has 0 aliphatic rings. The van der Waals surface area contributed by atoms with Gasteiger partial charge in [-0.3, -0.25) is 14.4 Å². The Kier molecular flexibility index (Phi) is 36.0. The van der Waals surface area contributed by atoms with Gasteiger partial charge in [0.1, 0.15) is 13.2 Å². The second kappa shape index (κ2) is 37.7. The molecule has 0 aromatic rings. The van der Waals surface area contributed by atoms with E-state index in [0.29, 0.717) is 19.3 Å². The second-order valence-electron chi connectivity index (χ2n) is 13.5. The van der Waals surface area contributed by atoms with Gasteiger partial charge in [0.05, 0.1) is 0 Å². The van der Waals surface area contributed by atoms with Crippen LogP contribution in [0.1, 0.15) is 207 Å². The zero-order valence-corrected chi connectivity index (χ0v) is 31.8. The molecule has 6 heteroatoms. The van der Waals surface area contributed by atoms with E-state index >= 15 is 0 Å². The number of unbranched alkanes of at least 4 members (excludes halogenated alkanes) is 21. The first-order valence-corrected chi connectivity index (χ1v) is 20.3. The van der Waals surface area contributed by atoms with Crippen LogP contribution in [0.15, 0.2) is 24.3 Å². The molecule has 0 saturated heterocycles. The molecule has 1 atom stereocenters. The summed E-state index contributed by atoms with van der Waals surface area (Å²) in [6.45, 7) is 6.50. The predicted octanol–water partition coefficient (Wildman–Crippen LogP) is 12.5. The van der Waals surface area contributed by atoms with E-state index in [9.17, 15) is 14.4 Å². The Morgan fingerprint density at radius 2 is 0.708 bits per heavy atom. The minimum Gasteiger partial charge on any atom is -0.462 e. The number of hydrogen-bond acceptors (Lipinski definition) is 6. The smallest absolute Gasteiger partial charge is 0.306 e. The highest BCUT2D eigenvalue weighted by molar-refractivity contribution is 5.71. The van der Waals surface area contributed by atoms with Gasteiger partial charge in [0.2, 0.25) is 0 Å². The molecule has 0 heterocycles. The van der Waals surface area contributed by atoms with E-state index in [-0.39, 0.29) is 31.1 Å². The minimum atomic E-state index is -0.771. The van der Waals surface area contributed by atoms with E-state index in [1.165, 1.54) is 83.5 Å². The number of ether oxygens (including phenoxy) is 3. The molecular weight excluding hydrogens is 600 g/mol. The number of allylic oxidation sites excluding steroid dienone is 4. The highest BCUT2D eigenvalue weighted by atomic mass is 16.6. The van der Waals surface area contributed by atoms with Gasteiger partial charge in [-0.1, -0.05) is 154 Å². The van der Waals surface area contributed by atoms with Gasteiger partial charge in [-0.25, -0.2) is 0 Å². The van der Waals surface area contributed by atoms with Gasteiger partial charge in [0.25, 0.3) is 0 Å². The van der Waals surface area contributed by atoms with Crippen molar-refractivity contribution in [3.63, 3.8) is 0 Å². The molecule has 6 nitrogen and oxygen atoms in total. The predicted molar refractivity (Wildman–Crippen MR) is 201 cm³/mol. The van der Waals surface area contributed by atoms with E-state index in [0.717, 1.165) is 83.5 Å². The third-order valence-corrected chi connectivity index (χ3v) is 8.68. The van der Waals surface area contributed by atoms with Crippen LogP contribution in [0, 0.1) is 0 Å². The summed E-state index contributed by atoms with van der Waals surface area (Å²) in [7, 11) is 0. The van der Waals surface area contributed by atoms with Crippen LogP contribution < -0.4 is 0 Å². The SMILES string of the molecule is CCCC/C=C\CCCCCCCC(=O)OCC(COC(=O)CCCCCCCCCCC)OC(=O)CCCCCC/C=C\CCCC. The molecule has 48 heavy (non-hydrogen) atoms. The van der Waals surface area contributed by atoms with Crippen LogP contribution in [0.3, 0.4) is 0 Å². The van der Waals surface area contributed by atoms with Crippen molar-refractivity contribution in [1.29, 1.82) is 0 Å². The minimum absolute atomic E-state index is 0.0768. The molecule has 0 fully saturated rings. The van der Waals surface area contributed by atoms with E-state index in [1.807, 2.05) is 0 Å². The van der Waals surface area contributed by atoms with Crippen LogP contribution in [-0.2, 0) is 28.6 Å². The van der Waals surface area contributed by atoms with Crippen LogP contribution in [-0.4, -0.2) is 37.2 Å². The molecule has 0 aromatic carbocycles. The van der Waals surface area contributed by atoms with Crippen molar-refractivity contribution in [2.24, 2.45) is 0 Å². The zero-order chi connectivity index (χ0) is 35.2. The van der Waals surface area contributed by atoms with Crippen molar-refractivity contribution >= 4 is 17.9 Å². The molecule has 0 N–H and O–H groups in total. The van der Waals surface area contributed by atoms with Crippen molar-refractivity contribution < 1.29 is 28.6 Å². The maximum Gasteiger partial charge on any atom is 0.306 e. The van der Waals surface area contributed by atoms with Crippen LogP contribution in [0.2, 0.25) is 0 Å². The van der Waals surface area contributed by atoms with E-state index < -0.39 is 6.10 Å². The van der Waals surface area contributed by atoms with Crippen molar-refractivity contribution in [2.45, 2.75) is 213 Å². The first kappa shape index (κ1) is 45.9. The van der Waals surface area contributed by atoms with Gasteiger partial charge in [0.15, 0.2) is 6.10 Å². The van der Waals surface area contributed by atoms with Gasteiger partial charge < -0.3 is 14.2 Å². The first-order valence-electron chi connectivity index (χ1n) is 20.3. The van der Waals surface area contributed by atoms with Crippen molar-refractivity contribution in [3.05, 3.63) is 24.3 Å². The molecular formula is C42H76O6. The van der Waals surface area contributed by atoms with Crippen molar-refractivity contribution in [2.75, 3.05) is 13.2 Å². The number of hydrogen-bond donors (Lipinski definition) is 0. The highest BCUT2D eigenvalue weighted by Crippen LogP contribution is 2.13. The van der Waals surface area contributed by atoms with Crippen LogP contribution in [0.25, 0.3) is 0 Å². The molecule has 0 aromatic heterocycles. The molecule has 0 radical (unpaired) electrons. The molecule has 1 unspecified atom stereocenters. The first-order chi connectivity index (χ1) is 23.5. The normalized spacial score (nSPS) is 12.1. The van der Waals surface area contributed by atoms with Gasteiger partial charge >= 0.3 is 17.9 Å². The molecule has 0 aliphatic carbocycles. The summed E-state index contributed by atoms with van der Waals surface area (Å²) >= 11 is 0. The monoisotopic (exact) mass is 677 g/mol. The lowest BCUT2D eigenvalue weighted by Crippen LogP contribution is -2.30. The fourth-order valence-corrected chi connectivity index (χ4v) is 5.52. The summed E-state index contributed by atoms with van der Waals surface area (Å²) in [4.78, 5) is 37.4. The molecule has 0 spiro atoms. The molecule has 280 valence electrons. The summed E-state index contributed by atoms with van der Waals surface area (Å²) in [5, 5.41) is 0. The lowest BCUT2D eigenvalue weighted by Gasteiger charge is -2.18. The van der Waals surface area contributed by atoms with E-state index in [1.54, 1.807) is 0 Å². The molecule has 0 bridgehead atoms.